The lowest BCUT2D eigenvalue weighted by Gasteiger charge is -2.08. The van der Waals surface area contributed by atoms with Crippen molar-refractivity contribution in [3.63, 3.8) is 0 Å². The number of halogens is 1. The maximum Gasteiger partial charge on any atom is 0.130 e. The van der Waals surface area contributed by atoms with Gasteiger partial charge in [0, 0.05) is 47.9 Å². The Morgan fingerprint density at radius 3 is 2.76 bits per heavy atom. The number of nitrogens with one attached hydrogen (secondary N) is 1. The molecule has 2 aromatic heterocycles. The van der Waals surface area contributed by atoms with Crippen molar-refractivity contribution in [1.82, 2.24) is 14.3 Å². The number of aromatic nitrogens is 2. The molecule has 0 bridgehead atoms. The fourth-order valence-corrected chi connectivity index (χ4v) is 4.27. The number of hydrogen-bond donors (Lipinski definition) is 1. The van der Waals surface area contributed by atoms with Crippen molar-refractivity contribution in [3.05, 3.63) is 89.6 Å². The van der Waals surface area contributed by atoms with Crippen LogP contribution in [-0.2, 0) is 13.0 Å². The summed E-state index contributed by atoms with van der Waals surface area (Å²) in [5.74, 6) is 0.278. The molecule has 1 N–H and O–H groups in total. The molecule has 4 aromatic rings. The van der Waals surface area contributed by atoms with E-state index in [1.807, 2.05) is 25.4 Å². The number of fused-ring (bicyclic) bond motifs is 1. The van der Waals surface area contributed by atoms with Crippen molar-refractivity contribution < 1.29 is 9.13 Å². The van der Waals surface area contributed by atoms with Crippen molar-refractivity contribution in [2.45, 2.75) is 17.9 Å². The van der Waals surface area contributed by atoms with E-state index in [-0.39, 0.29) is 5.82 Å². The molecule has 29 heavy (non-hydrogen) atoms. The van der Waals surface area contributed by atoms with Gasteiger partial charge in [-0.2, -0.15) is 0 Å². The first-order chi connectivity index (χ1) is 14.2. The molecule has 0 saturated heterocycles. The Morgan fingerprint density at radius 1 is 1.14 bits per heavy atom. The van der Waals surface area contributed by atoms with Crippen LogP contribution in [0.15, 0.2) is 72.0 Å². The fraction of sp³-hybridized carbons (Fsp3) is 0.174. The molecule has 6 heteroatoms. The highest BCUT2D eigenvalue weighted by Gasteiger charge is 2.12. The minimum Gasteiger partial charge on any atom is -0.497 e. The summed E-state index contributed by atoms with van der Waals surface area (Å²) in [5, 5.41) is 4.42. The van der Waals surface area contributed by atoms with Gasteiger partial charge >= 0.3 is 0 Å². The lowest BCUT2D eigenvalue weighted by molar-refractivity contribution is 0.411. The van der Waals surface area contributed by atoms with Crippen LogP contribution in [0.3, 0.4) is 0 Å². The quantitative estimate of drug-likeness (QED) is 0.465. The molecule has 0 aliphatic heterocycles. The van der Waals surface area contributed by atoms with Gasteiger partial charge in [-0.3, -0.25) is 8.96 Å². The highest BCUT2D eigenvalue weighted by atomic mass is 32.2. The molecule has 0 aliphatic rings. The van der Waals surface area contributed by atoms with Crippen LogP contribution >= 0.6 is 11.9 Å². The molecule has 0 unspecified atom stereocenters. The second kappa shape index (κ2) is 8.68. The smallest absolute Gasteiger partial charge is 0.130 e. The Morgan fingerprint density at radius 2 is 2.03 bits per heavy atom. The molecule has 2 heterocycles. The number of methoxy groups -OCH3 is 1. The van der Waals surface area contributed by atoms with E-state index in [2.05, 4.69) is 38.7 Å². The Hall–Kier alpha value is -2.83. The minimum atomic E-state index is -0.250. The fourth-order valence-electron chi connectivity index (χ4n) is 3.36. The highest BCUT2D eigenvalue weighted by molar-refractivity contribution is 7.98. The van der Waals surface area contributed by atoms with E-state index in [9.17, 15) is 4.39 Å². The molecule has 148 valence electrons. The summed E-state index contributed by atoms with van der Waals surface area (Å²) >= 11 is 1.62. The van der Waals surface area contributed by atoms with Crippen molar-refractivity contribution in [2.75, 3.05) is 14.2 Å². The van der Waals surface area contributed by atoms with Crippen LogP contribution < -0.4 is 10.1 Å². The van der Waals surface area contributed by atoms with E-state index in [4.69, 9.17) is 4.74 Å². The van der Waals surface area contributed by atoms with Crippen LogP contribution in [0.5, 0.6) is 5.75 Å². The maximum absolute atomic E-state index is 14.4. The van der Waals surface area contributed by atoms with Gasteiger partial charge in [0.25, 0.3) is 0 Å². The molecule has 0 saturated carbocycles. The Bertz CT molecular complexity index is 1130. The topological polar surface area (TPSA) is 39.1 Å². The highest BCUT2D eigenvalue weighted by Crippen LogP contribution is 2.31. The molecule has 4 rings (SSSR count). The predicted octanol–water partition coefficient (Wildman–Crippen LogP) is 5.05. The van der Waals surface area contributed by atoms with Gasteiger partial charge in [0.1, 0.15) is 11.6 Å². The average Bonchev–Trinajstić information content (AvgIpc) is 3.07. The molecule has 0 spiro atoms. The zero-order chi connectivity index (χ0) is 20.2. The molecule has 0 atom stereocenters. The van der Waals surface area contributed by atoms with Crippen molar-refractivity contribution >= 4 is 22.9 Å². The number of rotatable bonds is 7. The van der Waals surface area contributed by atoms with Crippen molar-refractivity contribution in [1.29, 1.82) is 0 Å². The van der Waals surface area contributed by atoms with Crippen LogP contribution in [0.2, 0.25) is 0 Å². The van der Waals surface area contributed by atoms with Crippen molar-refractivity contribution in [3.8, 4) is 5.75 Å². The van der Waals surface area contributed by atoms with Gasteiger partial charge in [0.2, 0.25) is 0 Å². The van der Waals surface area contributed by atoms with Gasteiger partial charge in [0.15, 0.2) is 0 Å². The molecular formula is C23H22FN3OS. The van der Waals surface area contributed by atoms with E-state index in [1.54, 1.807) is 37.4 Å². The standard InChI is InChI=1S/C23H22FN3OS/c1-25-13-18-15-27(29-20-4-3-9-26-14-20)23-11-16(5-8-21(18)23)10-17-6-7-19(28-2)12-22(17)24/h3-9,11-12,14-15,25H,10,13H2,1-2H3. The Kier molecular flexibility index (Phi) is 5.83. The van der Waals surface area contributed by atoms with Crippen LogP contribution in [0.4, 0.5) is 4.39 Å². The second-order valence-corrected chi connectivity index (χ2v) is 7.82. The van der Waals surface area contributed by atoms with Crippen molar-refractivity contribution in [2.24, 2.45) is 0 Å². The summed E-state index contributed by atoms with van der Waals surface area (Å²) in [4.78, 5) is 5.26. The summed E-state index contributed by atoms with van der Waals surface area (Å²) in [5.41, 5.74) is 4.04. The van der Waals surface area contributed by atoms with E-state index < -0.39 is 0 Å². The minimum absolute atomic E-state index is 0.250. The summed E-state index contributed by atoms with van der Waals surface area (Å²) in [7, 11) is 3.48. The molecule has 0 radical (unpaired) electrons. The third-order valence-corrected chi connectivity index (χ3v) is 5.73. The average molecular weight is 408 g/mol. The normalized spacial score (nSPS) is 11.1. The van der Waals surface area contributed by atoms with Crippen LogP contribution in [0.1, 0.15) is 16.7 Å². The molecular weight excluding hydrogens is 385 g/mol. The van der Waals surface area contributed by atoms with E-state index in [1.165, 1.54) is 17.0 Å². The maximum atomic E-state index is 14.4. The first kappa shape index (κ1) is 19.5. The third-order valence-electron chi connectivity index (χ3n) is 4.78. The molecule has 0 aliphatic carbocycles. The molecule has 0 fully saturated rings. The van der Waals surface area contributed by atoms with Gasteiger partial charge in [-0.05, 0) is 60.0 Å². The predicted molar refractivity (Wildman–Crippen MR) is 116 cm³/mol. The number of hydrogen-bond acceptors (Lipinski definition) is 4. The Labute approximate surface area is 173 Å². The first-order valence-corrected chi connectivity index (χ1v) is 10.1. The van der Waals surface area contributed by atoms with Crippen LogP contribution in [0.25, 0.3) is 10.9 Å². The lowest BCUT2D eigenvalue weighted by Crippen LogP contribution is -2.04. The first-order valence-electron chi connectivity index (χ1n) is 9.36. The van der Waals surface area contributed by atoms with Gasteiger partial charge < -0.3 is 10.1 Å². The second-order valence-electron chi connectivity index (χ2n) is 6.78. The summed E-state index contributed by atoms with van der Waals surface area (Å²) in [6.07, 6.45) is 6.29. The summed E-state index contributed by atoms with van der Waals surface area (Å²) in [6, 6.07) is 15.3. The van der Waals surface area contributed by atoms with Gasteiger partial charge in [-0.25, -0.2) is 4.39 Å². The van der Waals surface area contributed by atoms with Crippen LogP contribution in [-0.4, -0.2) is 23.1 Å². The SMILES string of the molecule is CNCc1cn(Sc2cccnc2)c2cc(Cc3ccc(OC)cc3F)ccc12. The van der Waals surface area contributed by atoms with E-state index in [0.717, 1.165) is 22.5 Å². The van der Waals surface area contributed by atoms with Gasteiger partial charge in [0.05, 0.1) is 12.6 Å². The van der Waals surface area contributed by atoms with E-state index >= 15 is 0 Å². The number of pyridine rings is 1. The molecule has 4 nitrogen and oxygen atoms in total. The Balaban J connectivity index is 1.70. The van der Waals surface area contributed by atoms with E-state index in [0.29, 0.717) is 17.7 Å². The number of ether oxygens (including phenoxy) is 1. The van der Waals surface area contributed by atoms with Gasteiger partial charge in [-0.1, -0.05) is 18.2 Å². The zero-order valence-corrected chi connectivity index (χ0v) is 17.2. The lowest BCUT2D eigenvalue weighted by atomic mass is 10.0. The molecule has 2 aromatic carbocycles. The monoisotopic (exact) mass is 407 g/mol. The third kappa shape index (κ3) is 4.28. The summed E-state index contributed by atoms with van der Waals surface area (Å²) < 4.78 is 21.7. The van der Waals surface area contributed by atoms with Crippen LogP contribution in [0, 0.1) is 5.82 Å². The molecule has 0 amide bonds. The zero-order valence-electron chi connectivity index (χ0n) is 16.4. The summed E-state index contributed by atoms with van der Waals surface area (Å²) in [6.45, 7) is 0.781. The van der Waals surface area contributed by atoms with Gasteiger partial charge in [-0.15, -0.1) is 0 Å². The largest absolute Gasteiger partial charge is 0.497 e. The number of nitrogens with zero attached hydrogens (tertiary/aromatic N) is 2. The number of benzene rings is 2.